The van der Waals surface area contributed by atoms with Crippen LogP contribution in [0.15, 0.2) is 36.4 Å². The Labute approximate surface area is 102 Å². The topological polar surface area (TPSA) is 21.3 Å². The minimum Gasteiger partial charge on any atom is -0.496 e. The van der Waals surface area contributed by atoms with Gasteiger partial charge in [0.2, 0.25) is 0 Å². The number of ether oxygens (including phenoxy) is 1. The first-order valence-electron chi connectivity index (χ1n) is 6.18. The first kappa shape index (κ1) is 10.6. The SMILES string of the molecule is COc1cc2ccccc2cc1C1CCCN1. The van der Waals surface area contributed by atoms with Gasteiger partial charge in [-0.25, -0.2) is 0 Å². The van der Waals surface area contributed by atoms with Crippen LogP contribution >= 0.6 is 0 Å². The van der Waals surface area contributed by atoms with Gasteiger partial charge in [-0.05, 0) is 42.3 Å². The fourth-order valence-electron chi connectivity index (χ4n) is 2.64. The zero-order chi connectivity index (χ0) is 11.7. The summed E-state index contributed by atoms with van der Waals surface area (Å²) in [6, 6.07) is 13.3. The van der Waals surface area contributed by atoms with Crippen molar-refractivity contribution in [1.29, 1.82) is 0 Å². The third-order valence-electron chi connectivity index (χ3n) is 3.53. The Hall–Kier alpha value is -1.54. The maximum atomic E-state index is 5.53. The fourth-order valence-corrected chi connectivity index (χ4v) is 2.64. The van der Waals surface area contributed by atoms with Crippen LogP contribution in [-0.2, 0) is 0 Å². The van der Waals surface area contributed by atoms with Gasteiger partial charge in [-0.3, -0.25) is 0 Å². The van der Waals surface area contributed by atoms with Crippen molar-refractivity contribution < 1.29 is 4.74 Å². The first-order valence-corrected chi connectivity index (χ1v) is 6.18. The predicted octanol–water partition coefficient (Wildman–Crippen LogP) is 3.27. The number of hydrogen-bond donors (Lipinski definition) is 1. The lowest BCUT2D eigenvalue weighted by Crippen LogP contribution is -2.13. The summed E-state index contributed by atoms with van der Waals surface area (Å²) in [5, 5.41) is 6.06. The molecule has 0 amide bonds. The van der Waals surface area contributed by atoms with Crippen molar-refractivity contribution in [1.82, 2.24) is 5.32 Å². The van der Waals surface area contributed by atoms with Crippen LogP contribution in [0.2, 0.25) is 0 Å². The fraction of sp³-hybridized carbons (Fsp3) is 0.333. The van der Waals surface area contributed by atoms with Crippen molar-refractivity contribution in [3.05, 3.63) is 42.0 Å². The third kappa shape index (κ3) is 1.89. The molecule has 1 saturated heterocycles. The van der Waals surface area contributed by atoms with Gasteiger partial charge in [-0.1, -0.05) is 24.3 Å². The van der Waals surface area contributed by atoms with E-state index in [0.29, 0.717) is 6.04 Å². The highest BCUT2D eigenvalue weighted by Gasteiger charge is 2.20. The third-order valence-corrected chi connectivity index (χ3v) is 3.53. The largest absolute Gasteiger partial charge is 0.496 e. The van der Waals surface area contributed by atoms with E-state index in [-0.39, 0.29) is 0 Å². The molecule has 0 saturated carbocycles. The lowest BCUT2D eigenvalue weighted by Gasteiger charge is -2.16. The lowest BCUT2D eigenvalue weighted by atomic mass is 9.99. The second kappa shape index (κ2) is 4.38. The van der Waals surface area contributed by atoms with E-state index in [1.807, 2.05) is 0 Å². The van der Waals surface area contributed by atoms with E-state index in [0.717, 1.165) is 12.3 Å². The van der Waals surface area contributed by atoms with Crippen LogP contribution in [0.3, 0.4) is 0 Å². The number of fused-ring (bicyclic) bond motifs is 1. The minimum atomic E-state index is 0.453. The minimum absolute atomic E-state index is 0.453. The van der Waals surface area contributed by atoms with Gasteiger partial charge >= 0.3 is 0 Å². The van der Waals surface area contributed by atoms with E-state index in [2.05, 4.69) is 41.7 Å². The van der Waals surface area contributed by atoms with Crippen molar-refractivity contribution in [3.63, 3.8) is 0 Å². The normalized spacial score (nSPS) is 19.7. The van der Waals surface area contributed by atoms with E-state index in [9.17, 15) is 0 Å². The Balaban J connectivity index is 2.14. The summed E-state index contributed by atoms with van der Waals surface area (Å²) < 4.78 is 5.53. The average Bonchev–Trinajstić information content (AvgIpc) is 2.91. The summed E-state index contributed by atoms with van der Waals surface area (Å²) in [6.07, 6.45) is 2.45. The molecule has 1 aliphatic rings. The molecule has 2 aromatic rings. The summed E-state index contributed by atoms with van der Waals surface area (Å²) >= 11 is 0. The smallest absolute Gasteiger partial charge is 0.124 e. The quantitative estimate of drug-likeness (QED) is 0.850. The van der Waals surface area contributed by atoms with Crippen molar-refractivity contribution in [2.24, 2.45) is 0 Å². The van der Waals surface area contributed by atoms with Gasteiger partial charge in [0.25, 0.3) is 0 Å². The van der Waals surface area contributed by atoms with Crippen molar-refractivity contribution in [3.8, 4) is 5.75 Å². The second-order valence-electron chi connectivity index (χ2n) is 4.59. The van der Waals surface area contributed by atoms with Crippen LogP contribution < -0.4 is 10.1 Å². The molecule has 1 atom stereocenters. The molecule has 2 aromatic carbocycles. The maximum absolute atomic E-state index is 5.53. The zero-order valence-electron chi connectivity index (χ0n) is 10.1. The molecular weight excluding hydrogens is 210 g/mol. The molecular formula is C15H17NO. The predicted molar refractivity (Wildman–Crippen MR) is 70.5 cm³/mol. The van der Waals surface area contributed by atoms with Crippen LogP contribution in [0.25, 0.3) is 10.8 Å². The molecule has 1 unspecified atom stereocenters. The van der Waals surface area contributed by atoms with E-state index in [1.165, 1.54) is 29.2 Å². The zero-order valence-corrected chi connectivity index (χ0v) is 10.1. The number of hydrogen-bond acceptors (Lipinski definition) is 2. The van der Waals surface area contributed by atoms with Crippen molar-refractivity contribution in [2.45, 2.75) is 18.9 Å². The Morgan fingerprint density at radius 3 is 2.59 bits per heavy atom. The molecule has 0 spiro atoms. The van der Waals surface area contributed by atoms with Gasteiger partial charge in [0.05, 0.1) is 7.11 Å². The summed E-state index contributed by atoms with van der Waals surface area (Å²) in [7, 11) is 1.75. The number of rotatable bonds is 2. The van der Waals surface area contributed by atoms with E-state index < -0.39 is 0 Å². The van der Waals surface area contributed by atoms with E-state index >= 15 is 0 Å². The molecule has 88 valence electrons. The van der Waals surface area contributed by atoms with Crippen LogP contribution in [0.5, 0.6) is 5.75 Å². The number of nitrogens with one attached hydrogen (secondary N) is 1. The Morgan fingerprint density at radius 2 is 1.94 bits per heavy atom. The monoisotopic (exact) mass is 227 g/mol. The van der Waals surface area contributed by atoms with Crippen LogP contribution in [0.4, 0.5) is 0 Å². The number of methoxy groups -OCH3 is 1. The Kier molecular flexibility index (Phi) is 2.73. The molecule has 0 aliphatic carbocycles. The molecule has 3 rings (SSSR count). The van der Waals surface area contributed by atoms with Crippen molar-refractivity contribution in [2.75, 3.05) is 13.7 Å². The van der Waals surface area contributed by atoms with Gasteiger partial charge in [-0.15, -0.1) is 0 Å². The van der Waals surface area contributed by atoms with Gasteiger partial charge in [-0.2, -0.15) is 0 Å². The Bertz CT molecular complexity index is 529. The summed E-state index contributed by atoms with van der Waals surface area (Å²) in [5.74, 6) is 1.00. The molecule has 1 fully saturated rings. The molecule has 2 heteroatoms. The van der Waals surface area contributed by atoms with Gasteiger partial charge in [0, 0.05) is 11.6 Å². The standard InChI is InChI=1S/C15H17NO/c1-17-15-10-12-6-3-2-5-11(12)9-13(15)14-7-4-8-16-14/h2-3,5-6,9-10,14,16H,4,7-8H2,1H3. The molecule has 1 heterocycles. The van der Waals surface area contributed by atoms with Crippen LogP contribution in [0.1, 0.15) is 24.4 Å². The maximum Gasteiger partial charge on any atom is 0.124 e. The van der Waals surface area contributed by atoms with Gasteiger partial charge < -0.3 is 10.1 Å². The second-order valence-corrected chi connectivity index (χ2v) is 4.59. The summed E-state index contributed by atoms with van der Waals surface area (Å²) in [4.78, 5) is 0. The molecule has 0 aromatic heterocycles. The molecule has 17 heavy (non-hydrogen) atoms. The highest BCUT2D eigenvalue weighted by atomic mass is 16.5. The molecule has 1 N–H and O–H groups in total. The summed E-state index contributed by atoms with van der Waals surface area (Å²) in [6.45, 7) is 1.11. The summed E-state index contributed by atoms with van der Waals surface area (Å²) in [5.41, 5.74) is 1.30. The molecule has 0 bridgehead atoms. The van der Waals surface area contributed by atoms with Gasteiger partial charge in [0.15, 0.2) is 0 Å². The van der Waals surface area contributed by atoms with Crippen LogP contribution in [-0.4, -0.2) is 13.7 Å². The van der Waals surface area contributed by atoms with E-state index in [4.69, 9.17) is 4.74 Å². The first-order chi connectivity index (χ1) is 8.38. The average molecular weight is 227 g/mol. The highest BCUT2D eigenvalue weighted by Crippen LogP contribution is 2.34. The molecule has 2 nitrogen and oxygen atoms in total. The molecule has 1 aliphatic heterocycles. The van der Waals surface area contributed by atoms with E-state index in [1.54, 1.807) is 7.11 Å². The Morgan fingerprint density at radius 1 is 1.18 bits per heavy atom. The van der Waals surface area contributed by atoms with Gasteiger partial charge in [0.1, 0.15) is 5.75 Å². The molecule has 0 radical (unpaired) electrons. The number of benzene rings is 2. The van der Waals surface area contributed by atoms with Crippen molar-refractivity contribution >= 4 is 10.8 Å². The van der Waals surface area contributed by atoms with Crippen LogP contribution in [0, 0.1) is 0 Å². The highest BCUT2D eigenvalue weighted by molar-refractivity contribution is 5.85. The lowest BCUT2D eigenvalue weighted by molar-refractivity contribution is 0.404.